The van der Waals surface area contributed by atoms with Gasteiger partial charge in [0, 0.05) is 19.3 Å². The lowest BCUT2D eigenvalue weighted by Gasteiger charge is -2.36. The van der Waals surface area contributed by atoms with Crippen molar-refractivity contribution in [2.45, 2.75) is 38.6 Å². The molecule has 2 rings (SSSR count). The number of amides is 1. The first-order valence-corrected chi connectivity index (χ1v) is 7.34. The van der Waals surface area contributed by atoms with Crippen LogP contribution in [-0.4, -0.2) is 28.9 Å². The van der Waals surface area contributed by atoms with Gasteiger partial charge in [-0.2, -0.15) is 0 Å². The van der Waals surface area contributed by atoms with Crippen LogP contribution in [0.5, 0.6) is 0 Å². The van der Waals surface area contributed by atoms with Crippen molar-refractivity contribution in [3.8, 4) is 0 Å². The number of nitrogens with zero attached hydrogens (tertiary/aromatic N) is 2. The number of halogens is 2. The van der Waals surface area contributed by atoms with E-state index in [2.05, 4.69) is 11.9 Å². The van der Waals surface area contributed by atoms with Crippen LogP contribution < -0.4 is 0 Å². The molecule has 0 spiro atoms. The van der Waals surface area contributed by atoms with Crippen LogP contribution in [0.25, 0.3) is 0 Å². The Kier molecular flexibility index (Phi) is 4.69. The van der Waals surface area contributed by atoms with Crippen LogP contribution in [0.3, 0.4) is 0 Å². The Morgan fingerprint density at radius 3 is 2.68 bits per heavy atom. The number of rotatable bonds is 2. The molecule has 2 unspecified atom stereocenters. The molecule has 1 fully saturated rings. The van der Waals surface area contributed by atoms with E-state index in [1.807, 2.05) is 11.9 Å². The molecule has 0 bridgehead atoms. The highest BCUT2D eigenvalue weighted by Gasteiger charge is 2.28. The third-order valence-corrected chi connectivity index (χ3v) is 4.61. The van der Waals surface area contributed by atoms with E-state index in [4.69, 9.17) is 23.2 Å². The molecule has 0 radical (unpaired) electrons. The molecule has 1 aliphatic carbocycles. The molecule has 0 N–H and O–H groups in total. The highest BCUT2D eigenvalue weighted by atomic mass is 35.5. The van der Waals surface area contributed by atoms with Crippen LogP contribution in [0.15, 0.2) is 12.3 Å². The summed E-state index contributed by atoms with van der Waals surface area (Å²) in [6, 6.07) is 1.89. The normalized spacial score (nSPS) is 23.2. The lowest BCUT2D eigenvalue weighted by atomic mass is 9.85. The summed E-state index contributed by atoms with van der Waals surface area (Å²) in [4.78, 5) is 18.2. The third-order valence-electron chi connectivity index (χ3n) is 3.93. The van der Waals surface area contributed by atoms with Gasteiger partial charge < -0.3 is 4.90 Å². The lowest BCUT2D eigenvalue weighted by Crippen LogP contribution is -2.42. The minimum Gasteiger partial charge on any atom is -0.338 e. The molecule has 1 heterocycles. The lowest BCUT2D eigenvalue weighted by molar-refractivity contribution is 0.0628. The molecule has 0 aromatic carbocycles. The van der Waals surface area contributed by atoms with E-state index in [1.54, 1.807) is 6.07 Å². The van der Waals surface area contributed by atoms with Crippen molar-refractivity contribution in [1.82, 2.24) is 9.88 Å². The van der Waals surface area contributed by atoms with Crippen molar-refractivity contribution in [2.75, 3.05) is 7.05 Å². The standard InChI is InChI=1S/C14H18Cl2N2O/c1-9-5-3-4-6-12(9)18(2)14(19)10-7-11(15)13(16)17-8-10/h7-9,12H,3-6H2,1-2H3. The second-order valence-corrected chi connectivity index (χ2v) is 6.01. The van der Waals surface area contributed by atoms with Crippen LogP contribution in [0, 0.1) is 5.92 Å². The molecule has 1 aliphatic rings. The number of hydrogen-bond acceptors (Lipinski definition) is 2. The van der Waals surface area contributed by atoms with Crippen molar-refractivity contribution in [2.24, 2.45) is 5.92 Å². The minimum absolute atomic E-state index is 0.0372. The molecule has 3 nitrogen and oxygen atoms in total. The van der Waals surface area contributed by atoms with Crippen LogP contribution in [0.2, 0.25) is 10.2 Å². The zero-order valence-corrected chi connectivity index (χ0v) is 12.7. The van der Waals surface area contributed by atoms with Gasteiger partial charge in [0.05, 0.1) is 10.6 Å². The zero-order chi connectivity index (χ0) is 14.0. The van der Waals surface area contributed by atoms with E-state index in [9.17, 15) is 4.79 Å². The summed E-state index contributed by atoms with van der Waals surface area (Å²) in [6.07, 6.45) is 6.18. The van der Waals surface area contributed by atoms with Crippen molar-refractivity contribution in [3.63, 3.8) is 0 Å². The second kappa shape index (κ2) is 6.10. The Morgan fingerprint density at radius 1 is 1.37 bits per heavy atom. The molecule has 0 aliphatic heterocycles. The molecule has 1 saturated carbocycles. The van der Waals surface area contributed by atoms with E-state index in [0.717, 1.165) is 6.42 Å². The van der Waals surface area contributed by atoms with Crippen LogP contribution in [-0.2, 0) is 0 Å². The van der Waals surface area contributed by atoms with Crippen molar-refractivity contribution in [3.05, 3.63) is 28.0 Å². The largest absolute Gasteiger partial charge is 0.338 e. The predicted molar refractivity (Wildman–Crippen MR) is 77.8 cm³/mol. The molecule has 104 valence electrons. The van der Waals surface area contributed by atoms with Gasteiger partial charge in [-0.25, -0.2) is 4.98 Å². The number of aromatic nitrogens is 1. The van der Waals surface area contributed by atoms with E-state index in [0.29, 0.717) is 22.5 Å². The van der Waals surface area contributed by atoms with Gasteiger partial charge in [-0.15, -0.1) is 0 Å². The smallest absolute Gasteiger partial charge is 0.255 e. The third kappa shape index (κ3) is 3.21. The van der Waals surface area contributed by atoms with E-state index >= 15 is 0 Å². The zero-order valence-electron chi connectivity index (χ0n) is 11.2. The molecular weight excluding hydrogens is 283 g/mol. The molecular formula is C14H18Cl2N2O. The predicted octanol–water partition coefficient (Wildman–Crippen LogP) is 4.04. The molecule has 0 saturated heterocycles. The summed E-state index contributed by atoms with van der Waals surface area (Å²) in [6.45, 7) is 2.21. The van der Waals surface area contributed by atoms with E-state index in [-0.39, 0.29) is 11.1 Å². The van der Waals surface area contributed by atoms with Crippen molar-refractivity contribution < 1.29 is 4.79 Å². The summed E-state index contributed by atoms with van der Waals surface area (Å²) in [5, 5.41) is 0.546. The van der Waals surface area contributed by atoms with Crippen LogP contribution in [0.1, 0.15) is 43.0 Å². The summed E-state index contributed by atoms with van der Waals surface area (Å²) >= 11 is 11.7. The van der Waals surface area contributed by atoms with Crippen LogP contribution >= 0.6 is 23.2 Å². The fraction of sp³-hybridized carbons (Fsp3) is 0.571. The van der Waals surface area contributed by atoms with E-state index in [1.165, 1.54) is 25.5 Å². The Balaban J connectivity index is 2.15. The van der Waals surface area contributed by atoms with Gasteiger partial charge in [-0.1, -0.05) is 43.0 Å². The fourth-order valence-electron chi connectivity index (χ4n) is 2.76. The van der Waals surface area contributed by atoms with Gasteiger partial charge in [-0.05, 0) is 24.8 Å². The number of carbonyl (C=O) groups excluding carboxylic acids is 1. The molecule has 19 heavy (non-hydrogen) atoms. The van der Waals surface area contributed by atoms with Crippen molar-refractivity contribution >= 4 is 29.1 Å². The fourth-order valence-corrected chi connectivity index (χ4v) is 3.03. The molecule has 1 amide bonds. The van der Waals surface area contributed by atoms with Gasteiger partial charge in [0.25, 0.3) is 5.91 Å². The summed E-state index contributed by atoms with van der Waals surface area (Å²) in [5.74, 6) is 0.503. The first-order chi connectivity index (χ1) is 9.00. The number of hydrogen-bond donors (Lipinski definition) is 0. The number of carbonyl (C=O) groups is 1. The molecule has 2 atom stereocenters. The van der Waals surface area contributed by atoms with Gasteiger partial charge in [0.15, 0.2) is 0 Å². The Hall–Kier alpha value is -0.800. The summed E-state index contributed by atoms with van der Waals surface area (Å²) in [7, 11) is 1.86. The summed E-state index contributed by atoms with van der Waals surface area (Å²) < 4.78 is 0. The first-order valence-electron chi connectivity index (χ1n) is 6.59. The minimum atomic E-state index is -0.0372. The highest BCUT2D eigenvalue weighted by Crippen LogP contribution is 2.28. The second-order valence-electron chi connectivity index (χ2n) is 5.24. The maximum Gasteiger partial charge on any atom is 0.255 e. The van der Waals surface area contributed by atoms with Gasteiger partial charge in [0.1, 0.15) is 5.15 Å². The van der Waals surface area contributed by atoms with Gasteiger partial charge in [0.2, 0.25) is 0 Å². The Morgan fingerprint density at radius 2 is 2.05 bits per heavy atom. The average molecular weight is 301 g/mol. The SMILES string of the molecule is CC1CCCCC1N(C)C(=O)c1cnc(Cl)c(Cl)c1. The topological polar surface area (TPSA) is 33.2 Å². The monoisotopic (exact) mass is 300 g/mol. The summed E-state index contributed by atoms with van der Waals surface area (Å²) in [5.41, 5.74) is 0.495. The quantitative estimate of drug-likeness (QED) is 0.772. The first kappa shape index (κ1) is 14.6. The number of pyridine rings is 1. The highest BCUT2D eigenvalue weighted by molar-refractivity contribution is 6.41. The van der Waals surface area contributed by atoms with Gasteiger partial charge >= 0.3 is 0 Å². The van der Waals surface area contributed by atoms with E-state index < -0.39 is 0 Å². The molecule has 1 aromatic heterocycles. The Bertz CT molecular complexity index is 479. The van der Waals surface area contributed by atoms with Crippen LogP contribution in [0.4, 0.5) is 0 Å². The molecule has 1 aromatic rings. The maximum absolute atomic E-state index is 12.4. The van der Waals surface area contributed by atoms with Crippen molar-refractivity contribution in [1.29, 1.82) is 0 Å². The average Bonchev–Trinajstić information content (AvgIpc) is 2.41. The molecule has 5 heteroatoms. The Labute approximate surface area is 123 Å². The van der Waals surface area contributed by atoms with Gasteiger partial charge in [-0.3, -0.25) is 4.79 Å². The maximum atomic E-state index is 12.4.